The highest BCUT2D eigenvalue weighted by Gasteiger charge is 2.28. The van der Waals surface area contributed by atoms with Crippen LogP contribution in [0.5, 0.6) is 0 Å². The van der Waals surface area contributed by atoms with E-state index in [9.17, 15) is 0 Å². The second-order valence-electron chi connectivity index (χ2n) is 9.81. The molecule has 3 heterocycles. The maximum atomic E-state index is 4.76. The van der Waals surface area contributed by atoms with Crippen molar-refractivity contribution in [2.24, 2.45) is 0 Å². The van der Waals surface area contributed by atoms with Crippen molar-refractivity contribution in [3.63, 3.8) is 0 Å². The van der Waals surface area contributed by atoms with Gasteiger partial charge in [0.2, 0.25) is 0 Å². The van der Waals surface area contributed by atoms with E-state index in [0.717, 1.165) is 26.1 Å². The molecular weight excluding hydrogens is 382 g/mol. The Morgan fingerprint density at radius 2 is 1.94 bits per heavy atom. The number of rotatable bonds is 5. The van der Waals surface area contributed by atoms with Crippen LogP contribution in [0.25, 0.3) is 0 Å². The smallest absolute Gasteiger partial charge is 0.0607 e. The summed E-state index contributed by atoms with van der Waals surface area (Å²) < 4.78 is 0. The van der Waals surface area contributed by atoms with Gasteiger partial charge < -0.3 is 10.2 Å². The van der Waals surface area contributed by atoms with E-state index in [2.05, 4.69) is 64.4 Å². The zero-order valence-electron chi connectivity index (χ0n) is 19.2. The summed E-state index contributed by atoms with van der Waals surface area (Å²) in [5.74, 6) is 0. The first-order chi connectivity index (χ1) is 15.2. The molecule has 1 aliphatic carbocycles. The number of hydrogen-bond donors (Lipinski definition) is 1. The molecule has 2 aliphatic heterocycles. The Balaban J connectivity index is 1.26. The van der Waals surface area contributed by atoms with Gasteiger partial charge in [0, 0.05) is 58.1 Å². The third-order valence-electron chi connectivity index (χ3n) is 7.60. The summed E-state index contributed by atoms with van der Waals surface area (Å²) in [5, 5.41) is 3.82. The number of pyridine rings is 1. The van der Waals surface area contributed by atoms with Crippen LogP contribution in [-0.4, -0.2) is 72.5 Å². The first-order valence-corrected chi connectivity index (χ1v) is 12.1. The highest BCUT2D eigenvalue weighted by Crippen LogP contribution is 2.32. The van der Waals surface area contributed by atoms with Crippen molar-refractivity contribution < 1.29 is 0 Å². The minimum Gasteiger partial charge on any atom is -0.308 e. The lowest BCUT2D eigenvalue weighted by atomic mass is 9.89. The third-order valence-corrected chi connectivity index (χ3v) is 7.60. The summed E-state index contributed by atoms with van der Waals surface area (Å²) in [6.45, 7) is 7.88. The first-order valence-electron chi connectivity index (χ1n) is 12.1. The van der Waals surface area contributed by atoms with Crippen LogP contribution in [0.3, 0.4) is 0 Å². The Kier molecular flexibility index (Phi) is 6.37. The summed E-state index contributed by atoms with van der Waals surface area (Å²) in [7, 11) is 4.52. The standard InChI is InChI=1S/C26H37N5/c1-29-12-14-31(15-13-29)18-22-8-3-7-21-17-28-23(16-24(21)22)19-30(2)25-10-4-6-20-9-5-11-27-26(20)25/h3,5,7-9,11,23,25,28H,4,6,10,12-19H2,1-2H3/t23-,25-/m0/s1. The fourth-order valence-electron chi connectivity index (χ4n) is 5.70. The van der Waals surface area contributed by atoms with Gasteiger partial charge in [-0.3, -0.25) is 14.8 Å². The van der Waals surface area contributed by atoms with E-state index in [1.165, 1.54) is 62.3 Å². The normalized spacial score (nSPS) is 24.7. The zero-order chi connectivity index (χ0) is 21.2. The molecule has 31 heavy (non-hydrogen) atoms. The molecular formula is C26H37N5. The molecule has 0 spiro atoms. The number of hydrogen-bond acceptors (Lipinski definition) is 5. The molecule has 3 aliphatic rings. The number of nitrogens with one attached hydrogen (secondary N) is 1. The van der Waals surface area contributed by atoms with Crippen LogP contribution in [0.4, 0.5) is 0 Å². The average molecular weight is 420 g/mol. The number of nitrogens with zero attached hydrogens (tertiary/aromatic N) is 4. The highest BCUT2D eigenvalue weighted by atomic mass is 15.2. The molecule has 5 heteroatoms. The van der Waals surface area contributed by atoms with Gasteiger partial charge in [-0.25, -0.2) is 0 Å². The number of fused-ring (bicyclic) bond motifs is 2. The molecule has 2 atom stereocenters. The second-order valence-corrected chi connectivity index (χ2v) is 9.81. The number of aryl methyl sites for hydroxylation is 1. The maximum Gasteiger partial charge on any atom is 0.0607 e. The van der Waals surface area contributed by atoms with Crippen molar-refractivity contribution in [2.75, 3.05) is 46.8 Å². The summed E-state index contributed by atoms with van der Waals surface area (Å²) in [6, 6.07) is 12.2. The maximum absolute atomic E-state index is 4.76. The van der Waals surface area contributed by atoms with E-state index < -0.39 is 0 Å². The van der Waals surface area contributed by atoms with Crippen molar-refractivity contribution >= 4 is 0 Å². The SMILES string of the molecule is CN1CCN(Cc2cccc3c2C[C@@H](CN(C)[C@H]2CCCc4cccnc42)NC3)CC1. The van der Waals surface area contributed by atoms with Crippen LogP contribution in [0.1, 0.15) is 46.8 Å². The minimum atomic E-state index is 0.453. The number of piperazine rings is 1. The van der Waals surface area contributed by atoms with Gasteiger partial charge in [0.15, 0.2) is 0 Å². The zero-order valence-corrected chi connectivity index (χ0v) is 19.2. The van der Waals surface area contributed by atoms with E-state index in [1.54, 1.807) is 11.1 Å². The van der Waals surface area contributed by atoms with E-state index in [0.29, 0.717) is 12.1 Å². The largest absolute Gasteiger partial charge is 0.308 e. The molecule has 0 bridgehead atoms. The predicted octanol–water partition coefficient (Wildman–Crippen LogP) is 2.85. The minimum absolute atomic E-state index is 0.453. The topological polar surface area (TPSA) is 34.6 Å². The summed E-state index contributed by atoms with van der Waals surface area (Å²) >= 11 is 0. The lowest BCUT2D eigenvalue weighted by Crippen LogP contribution is -2.46. The van der Waals surface area contributed by atoms with Gasteiger partial charge in [-0.2, -0.15) is 0 Å². The Bertz CT molecular complexity index is 889. The van der Waals surface area contributed by atoms with Crippen LogP contribution >= 0.6 is 0 Å². The Labute approximate surface area is 187 Å². The van der Waals surface area contributed by atoms with Gasteiger partial charge in [-0.15, -0.1) is 0 Å². The molecule has 5 nitrogen and oxygen atoms in total. The Morgan fingerprint density at radius 1 is 1.10 bits per heavy atom. The van der Waals surface area contributed by atoms with Crippen molar-refractivity contribution in [3.05, 3.63) is 64.5 Å². The molecule has 0 amide bonds. The summed E-state index contributed by atoms with van der Waals surface area (Å²) in [6.07, 6.45) is 6.76. The van der Waals surface area contributed by atoms with Crippen molar-refractivity contribution in [2.45, 2.75) is 50.9 Å². The quantitative estimate of drug-likeness (QED) is 0.806. The summed E-state index contributed by atoms with van der Waals surface area (Å²) in [4.78, 5) is 12.4. The van der Waals surface area contributed by atoms with Crippen LogP contribution in [-0.2, 0) is 25.9 Å². The molecule has 1 aromatic heterocycles. The number of benzene rings is 1. The van der Waals surface area contributed by atoms with E-state index in [4.69, 9.17) is 4.98 Å². The van der Waals surface area contributed by atoms with E-state index >= 15 is 0 Å². The lowest BCUT2D eigenvalue weighted by molar-refractivity contribution is 0.147. The van der Waals surface area contributed by atoms with Gasteiger partial charge in [0.05, 0.1) is 11.7 Å². The average Bonchev–Trinajstić information content (AvgIpc) is 2.80. The van der Waals surface area contributed by atoms with E-state index in [-0.39, 0.29) is 0 Å². The third kappa shape index (κ3) is 4.70. The van der Waals surface area contributed by atoms with Crippen LogP contribution in [0.15, 0.2) is 36.5 Å². The van der Waals surface area contributed by atoms with Gasteiger partial charge in [-0.05, 0) is 68.1 Å². The number of likely N-dealkylation sites (N-methyl/N-ethyl adjacent to an activating group) is 2. The molecule has 0 radical (unpaired) electrons. The van der Waals surface area contributed by atoms with Gasteiger partial charge >= 0.3 is 0 Å². The first kappa shape index (κ1) is 21.1. The molecule has 5 rings (SSSR count). The molecule has 0 saturated carbocycles. The van der Waals surface area contributed by atoms with Crippen LogP contribution in [0, 0.1) is 0 Å². The lowest BCUT2D eigenvalue weighted by Gasteiger charge is -2.37. The van der Waals surface area contributed by atoms with Gasteiger partial charge in [0.1, 0.15) is 0 Å². The Hall–Kier alpha value is -1.79. The molecule has 166 valence electrons. The molecule has 1 aromatic carbocycles. The van der Waals surface area contributed by atoms with Crippen molar-refractivity contribution in [1.82, 2.24) is 25.0 Å². The fourth-order valence-corrected chi connectivity index (χ4v) is 5.70. The monoisotopic (exact) mass is 419 g/mol. The van der Waals surface area contributed by atoms with Crippen LogP contribution < -0.4 is 5.32 Å². The molecule has 1 N–H and O–H groups in total. The van der Waals surface area contributed by atoms with Crippen LogP contribution in [0.2, 0.25) is 0 Å². The molecule has 1 fully saturated rings. The summed E-state index contributed by atoms with van der Waals surface area (Å²) in [5.41, 5.74) is 7.39. The Morgan fingerprint density at radius 3 is 2.81 bits per heavy atom. The molecule has 2 aromatic rings. The predicted molar refractivity (Wildman–Crippen MR) is 126 cm³/mol. The van der Waals surface area contributed by atoms with E-state index in [1.807, 2.05) is 6.20 Å². The molecule has 0 unspecified atom stereocenters. The van der Waals surface area contributed by atoms with Crippen molar-refractivity contribution in [1.29, 1.82) is 0 Å². The second kappa shape index (κ2) is 9.37. The fraction of sp³-hybridized carbons (Fsp3) is 0.577. The number of aromatic nitrogens is 1. The highest BCUT2D eigenvalue weighted by molar-refractivity contribution is 5.38. The van der Waals surface area contributed by atoms with Gasteiger partial charge in [-0.1, -0.05) is 24.3 Å². The molecule has 1 saturated heterocycles. The van der Waals surface area contributed by atoms with Gasteiger partial charge in [0.25, 0.3) is 0 Å². The van der Waals surface area contributed by atoms with Crippen molar-refractivity contribution in [3.8, 4) is 0 Å².